The van der Waals surface area contributed by atoms with Gasteiger partial charge < -0.3 is 0 Å². The third-order valence-electron chi connectivity index (χ3n) is 5.62. The summed E-state index contributed by atoms with van der Waals surface area (Å²) in [6, 6.07) is 16.4. The molecule has 1 aliphatic carbocycles. The topological polar surface area (TPSA) is 0 Å². The predicted octanol–water partition coefficient (Wildman–Crippen LogP) is 7.16. The van der Waals surface area contributed by atoms with E-state index in [1.807, 2.05) is 0 Å². The van der Waals surface area contributed by atoms with Crippen LogP contribution in [0.1, 0.15) is 62.6 Å². The number of aryl methyl sites for hydroxylation is 2. The summed E-state index contributed by atoms with van der Waals surface area (Å²) in [7, 11) is 0. The van der Waals surface area contributed by atoms with Gasteiger partial charge in [0.25, 0.3) is 0 Å². The summed E-state index contributed by atoms with van der Waals surface area (Å²) in [5.74, 6) is 0.868. The fraction of sp³-hybridized carbons (Fsp3) is 0.440. The van der Waals surface area contributed by atoms with Crippen molar-refractivity contribution in [2.75, 3.05) is 0 Å². The second-order valence-corrected chi connectivity index (χ2v) is 7.54. The molecule has 0 spiro atoms. The molecular formula is C25H32. The van der Waals surface area contributed by atoms with Crippen LogP contribution in [-0.4, -0.2) is 0 Å². The zero-order valence-electron chi connectivity index (χ0n) is 15.9. The van der Waals surface area contributed by atoms with Crippen molar-refractivity contribution in [2.45, 2.75) is 65.2 Å². The number of hydrogen-bond donors (Lipinski definition) is 0. The highest BCUT2D eigenvalue weighted by atomic mass is 14.2. The molecule has 0 bridgehead atoms. The van der Waals surface area contributed by atoms with Gasteiger partial charge in [-0.25, -0.2) is 0 Å². The van der Waals surface area contributed by atoms with Crippen molar-refractivity contribution >= 4 is 0 Å². The van der Waals surface area contributed by atoms with Crippen LogP contribution < -0.4 is 0 Å². The molecule has 2 aromatic carbocycles. The van der Waals surface area contributed by atoms with E-state index in [4.69, 9.17) is 0 Å². The van der Waals surface area contributed by atoms with Crippen LogP contribution in [0.5, 0.6) is 0 Å². The Labute approximate surface area is 154 Å². The number of hydrogen-bond acceptors (Lipinski definition) is 0. The fourth-order valence-corrected chi connectivity index (χ4v) is 4.00. The van der Waals surface area contributed by atoms with Crippen LogP contribution in [0.25, 0.3) is 11.1 Å². The van der Waals surface area contributed by atoms with Crippen molar-refractivity contribution in [3.63, 3.8) is 0 Å². The summed E-state index contributed by atoms with van der Waals surface area (Å²) in [5, 5.41) is 0. The van der Waals surface area contributed by atoms with Gasteiger partial charge in [0.05, 0.1) is 0 Å². The van der Waals surface area contributed by atoms with Crippen LogP contribution in [0.3, 0.4) is 0 Å². The average Bonchev–Trinajstić information content (AvgIpc) is 2.66. The molecule has 0 radical (unpaired) electrons. The molecule has 3 rings (SSSR count). The second-order valence-electron chi connectivity index (χ2n) is 7.54. The Morgan fingerprint density at radius 2 is 1.80 bits per heavy atom. The van der Waals surface area contributed by atoms with Gasteiger partial charge in [-0.3, -0.25) is 0 Å². The summed E-state index contributed by atoms with van der Waals surface area (Å²) in [6.45, 7) is 4.38. The largest absolute Gasteiger partial charge is 0.0917 e. The molecule has 0 nitrogen and oxygen atoms in total. The Morgan fingerprint density at radius 3 is 2.56 bits per heavy atom. The molecule has 0 N–H and O–H groups in total. The van der Waals surface area contributed by atoms with E-state index in [2.05, 4.69) is 68.5 Å². The number of fused-ring (bicyclic) bond motifs is 1. The number of allylic oxidation sites excluding steroid dienone is 2. The monoisotopic (exact) mass is 332 g/mol. The molecule has 0 fully saturated rings. The van der Waals surface area contributed by atoms with Gasteiger partial charge in [0.15, 0.2) is 0 Å². The Balaban J connectivity index is 1.67. The van der Waals surface area contributed by atoms with Gasteiger partial charge in [-0.2, -0.15) is 0 Å². The molecule has 25 heavy (non-hydrogen) atoms. The van der Waals surface area contributed by atoms with Gasteiger partial charge in [-0.1, -0.05) is 68.0 Å². The first kappa shape index (κ1) is 18.0. The first-order chi connectivity index (χ1) is 12.3. The Hall–Kier alpha value is -1.82. The molecule has 0 aromatic heterocycles. The smallest absolute Gasteiger partial charge is 0.0181 e. The van der Waals surface area contributed by atoms with Gasteiger partial charge in [0, 0.05) is 0 Å². The second kappa shape index (κ2) is 9.04. The highest BCUT2D eigenvalue weighted by Gasteiger charge is 2.18. The maximum absolute atomic E-state index is 2.44. The molecule has 2 aromatic rings. The average molecular weight is 333 g/mol. The lowest BCUT2D eigenvalue weighted by atomic mass is 9.80. The van der Waals surface area contributed by atoms with Crippen molar-refractivity contribution in [3.05, 3.63) is 71.3 Å². The summed E-state index contributed by atoms with van der Waals surface area (Å²) < 4.78 is 0. The van der Waals surface area contributed by atoms with Crippen molar-refractivity contribution in [2.24, 2.45) is 5.92 Å². The van der Waals surface area contributed by atoms with Crippen LogP contribution in [0, 0.1) is 5.92 Å². The molecule has 0 saturated heterocycles. The van der Waals surface area contributed by atoms with Crippen LogP contribution >= 0.6 is 0 Å². The van der Waals surface area contributed by atoms with Gasteiger partial charge in [0.1, 0.15) is 0 Å². The third kappa shape index (κ3) is 4.84. The van der Waals surface area contributed by atoms with Gasteiger partial charge >= 0.3 is 0 Å². The Morgan fingerprint density at radius 1 is 1.00 bits per heavy atom. The standard InChI is InChI=1S/C25H32/c1-3-5-7-9-21-12-15-25-19-24(17-16-23(25)18-21)22-13-10-20(11-14-22)8-6-4-2/h3,5,10-11,13-14,16-17,19,21H,4,6-9,12,15,18H2,1-2H3/b5-3+. The minimum Gasteiger partial charge on any atom is -0.0917 e. The van der Waals surface area contributed by atoms with Crippen molar-refractivity contribution < 1.29 is 0 Å². The van der Waals surface area contributed by atoms with Gasteiger partial charge in [-0.15, -0.1) is 0 Å². The molecular weight excluding hydrogens is 300 g/mol. The third-order valence-corrected chi connectivity index (χ3v) is 5.62. The zero-order chi connectivity index (χ0) is 17.5. The summed E-state index contributed by atoms with van der Waals surface area (Å²) in [4.78, 5) is 0. The first-order valence-electron chi connectivity index (χ1n) is 10.1. The first-order valence-corrected chi connectivity index (χ1v) is 10.1. The SMILES string of the molecule is C/C=C/CCC1CCc2cc(-c3ccc(CCCC)cc3)ccc2C1. The van der Waals surface area contributed by atoms with Gasteiger partial charge in [-0.05, 0) is 85.6 Å². The number of rotatable bonds is 7. The lowest BCUT2D eigenvalue weighted by Crippen LogP contribution is -2.14. The highest BCUT2D eigenvalue weighted by Crippen LogP contribution is 2.32. The van der Waals surface area contributed by atoms with E-state index in [1.165, 1.54) is 68.1 Å². The number of benzene rings is 2. The molecule has 0 saturated carbocycles. The molecule has 1 unspecified atom stereocenters. The van der Waals surface area contributed by atoms with Crippen molar-refractivity contribution in [1.82, 2.24) is 0 Å². The molecule has 1 atom stereocenters. The van der Waals surface area contributed by atoms with Crippen LogP contribution in [0.4, 0.5) is 0 Å². The lowest BCUT2D eigenvalue weighted by Gasteiger charge is -2.25. The molecule has 0 heterocycles. The van der Waals surface area contributed by atoms with Crippen molar-refractivity contribution in [3.8, 4) is 11.1 Å². The fourth-order valence-electron chi connectivity index (χ4n) is 4.00. The molecule has 0 heteroatoms. The summed E-state index contributed by atoms with van der Waals surface area (Å²) >= 11 is 0. The summed E-state index contributed by atoms with van der Waals surface area (Å²) in [5.41, 5.74) is 7.37. The maximum atomic E-state index is 2.44. The normalized spacial score (nSPS) is 17.0. The van der Waals surface area contributed by atoms with Crippen LogP contribution in [0.2, 0.25) is 0 Å². The Kier molecular flexibility index (Phi) is 6.50. The molecule has 0 aliphatic heterocycles. The molecule has 132 valence electrons. The lowest BCUT2D eigenvalue weighted by molar-refractivity contribution is 0.430. The maximum Gasteiger partial charge on any atom is -0.0181 e. The zero-order valence-corrected chi connectivity index (χ0v) is 15.9. The van der Waals surface area contributed by atoms with E-state index in [1.54, 1.807) is 11.1 Å². The van der Waals surface area contributed by atoms with Crippen LogP contribution in [0.15, 0.2) is 54.6 Å². The molecule has 1 aliphatic rings. The molecule has 0 amide bonds. The van der Waals surface area contributed by atoms with E-state index < -0.39 is 0 Å². The summed E-state index contributed by atoms with van der Waals surface area (Å²) in [6.07, 6.45) is 14.7. The highest BCUT2D eigenvalue weighted by molar-refractivity contribution is 5.65. The minimum atomic E-state index is 0.868. The van der Waals surface area contributed by atoms with E-state index in [9.17, 15) is 0 Å². The van der Waals surface area contributed by atoms with E-state index >= 15 is 0 Å². The number of unbranched alkanes of at least 4 members (excludes halogenated alkanes) is 1. The quantitative estimate of drug-likeness (QED) is 0.472. The van der Waals surface area contributed by atoms with Crippen LogP contribution in [-0.2, 0) is 19.3 Å². The minimum absolute atomic E-state index is 0.868. The van der Waals surface area contributed by atoms with Gasteiger partial charge in [0.2, 0.25) is 0 Å². The predicted molar refractivity (Wildman–Crippen MR) is 110 cm³/mol. The van der Waals surface area contributed by atoms with E-state index in [0.29, 0.717) is 0 Å². The van der Waals surface area contributed by atoms with E-state index in [0.717, 1.165) is 5.92 Å². The van der Waals surface area contributed by atoms with E-state index in [-0.39, 0.29) is 0 Å². The Bertz CT molecular complexity index is 690. The van der Waals surface area contributed by atoms with Crippen molar-refractivity contribution in [1.29, 1.82) is 0 Å².